The van der Waals surface area contributed by atoms with Gasteiger partial charge in [0.1, 0.15) is 11.3 Å². The summed E-state index contributed by atoms with van der Waals surface area (Å²) in [5, 5.41) is 2.77. The molecule has 0 aliphatic rings. The van der Waals surface area contributed by atoms with Gasteiger partial charge in [-0.1, -0.05) is 26.0 Å². The molecule has 0 saturated carbocycles. The number of fused-ring (bicyclic) bond motifs is 1. The summed E-state index contributed by atoms with van der Waals surface area (Å²) < 4.78 is 18.8. The molecule has 1 heterocycles. The molecule has 1 N–H and O–H groups in total. The lowest BCUT2D eigenvalue weighted by Gasteiger charge is -2.05. The van der Waals surface area contributed by atoms with Gasteiger partial charge in [0.2, 0.25) is 0 Å². The molecule has 2 aromatic carbocycles. The van der Waals surface area contributed by atoms with Crippen molar-refractivity contribution in [3.05, 3.63) is 65.3 Å². The van der Waals surface area contributed by atoms with E-state index in [-0.39, 0.29) is 24.2 Å². The van der Waals surface area contributed by atoms with Crippen molar-refractivity contribution in [1.29, 1.82) is 0 Å². The zero-order valence-electron chi connectivity index (χ0n) is 13.0. The van der Waals surface area contributed by atoms with E-state index < -0.39 is 0 Å². The maximum Gasteiger partial charge on any atom is 0.251 e. The highest BCUT2D eigenvalue weighted by Gasteiger charge is 2.12. The monoisotopic (exact) mass is 312 g/mol. The van der Waals surface area contributed by atoms with E-state index in [0.717, 1.165) is 5.52 Å². The minimum Gasteiger partial charge on any atom is -0.440 e. The zero-order chi connectivity index (χ0) is 16.4. The molecular formula is C18H17FN2O2. The predicted octanol–water partition coefficient (Wildman–Crippen LogP) is 4.02. The number of hydrogen-bond donors (Lipinski definition) is 1. The topological polar surface area (TPSA) is 55.1 Å². The largest absolute Gasteiger partial charge is 0.440 e. The number of amides is 1. The number of carbonyl (C=O) groups is 1. The van der Waals surface area contributed by atoms with Crippen LogP contribution in [0.5, 0.6) is 0 Å². The van der Waals surface area contributed by atoms with Gasteiger partial charge in [-0.25, -0.2) is 9.37 Å². The molecule has 4 nitrogen and oxygen atoms in total. The van der Waals surface area contributed by atoms with Crippen LogP contribution in [-0.4, -0.2) is 10.9 Å². The Morgan fingerprint density at radius 3 is 2.83 bits per heavy atom. The molecule has 0 saturated heterocycles. The van der Waals surface area contributed by atoms with Gasteiger partial charge < -0.3 is 9.73 Å². The minimum absolute atomic E-state index is 0.188. The molecule has 3 aromatic rings. The fourth-order valence-corrected chi connectivity index (χ4v) is 2.26. The lowest BCUT2D eigenvalue weighted by molar-refractivity contribution is 0.0951. The molecule has 1 amide bonds. The Hall–Kier alpha value is -2.69. The van der Waals surface area contributed by atoms with Crippen LogP contribution in [0.15, 0.2) is 46.9 Å². The van der Waals surface area contributed by atoms with Gasteiger partial charge in [0.05, 0.1) is 0 Å². The lowest BCUT2D eigenvalue weighted by atomic mass is 10.1. The number of hydrogen-bond acceptors (Lipinski definition) is 3. The number of benzene rings is 2. The summed E-state index contributed by atoms with van der Waals surface area (Å²) in [6, 6.07) is 11.3. The average Bonchev–Trinajstić information content (AvgIpc) is 2.96. The van der Waals surface area contributed by atoms with Crippen molar-refractivity contribution in [3.63, 3.8) is 0 Å². The van der Waals surface area contributed by atoms with E-state index in [1.165, 1.54) is 12.1 Å². The lowest BCUT2D eigenvalue weighted by Crippen LogP contribution is -2.22. The fraction of sp³-hybridized carbons (Fsp3) is 0.222. The Morgan fingerprint density at radius 2 is 2.09 bits per heavy atom. The van der Waals surface area contributed by atoms with Crippen LogP contribution in [0.1, 0.15) is 41.6 Å². The molecule has 5 heteroatoms. The SMILES string of the molecule is CC(C)c1nc2ccc(C(=O)NCc3cccc(F)c3)cc2o1. The van der Waals surface area contributed by atoms with Crippen molar-refractivity contribution in [2.45, 2.75) is 26.3 Å². The second-order valence-electron chi connectivity index (χ2n) is 5.70. The van der Waals surface area contributed by atoms with Gasteiger partial charge in [0, 0.05) is 18.0 Å². The van der Waals surface area contributed by atoms with Gasteiger partial charge in [0.25, 0.3) is 5.91 Å². The number of oxazole rings is 1. The summed E-state index contributed by atoms with van der Waals surface area (Å²) in [6.45, 7) is 4.26. The van der Waals surface area contributed by atoms with E-state index in [2.05, 4.69) is 10.3 Å². The van der Waals surface area contributed by atoms with E-state index in [9.17, 15) is 9.18 Å². The highest BCUT2D eigenvalue weighted by molar-refractivity contribution is 5.96. The van der Waals surface area contributed by atoms with Crippen LogP contribution >= 0.6 is 0 Å². The van der Waals surface area contributed by atoms with Crippen molar-refractivity contribution >= 4 is 17.0 Å². The molecule has 0 radical (unpaired) electrons. The second-order valence-corrected chi connectivity index (χ2v) is 5.70. The van der Waals surface area contributed by atoms with Gasteiger partial charge >= 0.3 is 0 Å². The van der Waals surface area contributed by atoms with Gasteiger partial charge in [-0.15, -0.1) is 0 Å². The molecule has 0 fully saturated rings. The number of nitrogens with zero attached hydrogens (tertiary/aromatic N) is 1. The number of aromatic nitrogens is 1. The Bertz CT molecular complexity index is 855. The maximum atomic E-state index is 13.1. The van der Waals surface area contributed by atoms with Crippen molar-refractivity contribution in [1.82, 2.24) is 10.3 Å². The molecule has 0 bridgehead atoms. The smallest absolute Gasteiger partial charge is 0.251 e. The first kappa shape index (κ1) is 15.2. The third kappa shape index (κ3) is 3.39. The zero-order valence-corrected chi connectivity index (χ0v) is 13.0. The van der Waals surface area contributed by atoms with E-state index in [4.69, 9.17) is 4.42 Å². The van der Waals surface area contributed by atoms with Crippen molar-refractivity contribution in [2.75, 3.05) is 0 Å². The third-order valence-electron chi connectivity index (χ3n) is 3.50. The van der Waals surface area contributed by atoms with Crippen LogP contribution in [0.4, 0.5) is 4.39 Å². The minimum atomic E-state index is -0.318. The molecule has 3 rings (SSSR count). The number of nitrogens with one attached hydrogen (secondary N) is 1. The first-order chi connectivity index (χ1) is 11.0. The summed E-state index contributed by atoms with van der Waals surface area (Å²) in [5.41, 5.74) is 2.52. The van der Waals surface area contributed by atoms with E-state index in [0.29, 0.717) is 22.6 Å². The Morgan fingerprint density at radius 1 is 1.26 bits per heavy atom. The standard InChI is InChI=1S/C18H17FN2O2/c1-11(2)18-21-15-7-6-13(9-16(15)23-18)17(22)20-10-12-4-3-5-14(19)8-12/h3-9,11H,10H2,1-2H3,(H,20,22). The summed E-state index contributed by atoms with van der Waals surface area (Å²) in [7, 11) is 0. The molecule has 0 aliphatic heterocycles. The van der Waals surface area contributed by atoms with E-state index >= 15 is 0 Å². The fourth-order valence-electron chi connectivity index (χ4n) is 2.26. The summed E-state index contributed by atoms with van der Waals surface area (Å²) in [4.78, 5) is 16.6. The van der Waals surface area contributed by atoms with Gasteiger partial charge in [-0.3, -0.25) is 4.79 Å². The molecular weight excluding hydrogens is 295 g/mol. The highest BCUT2D eigenvalue weighted by Crippen LogP contribution is 2.22. The summed E-state index contributed by atoms with van der Waals surface area (Å²) in [6.07, 6.45) is 0. The molecule has 1 aromatic heterocycles. The molecule has 0 spiro atoms. The first-order valence-electron chi connectivity index (χ1n) is 7.46. The van der Waals surface area contributed by atoms with Crippen LogP contribution in [0.25, 0.3) is 11.1 Å². The summed E-state index contributed by atoms with van der Waals surface area (Å²) in [5.74, 6) is 0.282. The Balaban J connectivity index is 1.75. The molecule has 23 heavy (non-hydrogen) atoms. The van der Waals surface area contributed by atoms with Crippen LogP contribution in [0.2, 0.25) is 0 Å². The number of carbonyl (C=O) groups excluding carboxylic acids is 1. The molecule has 118 valence electrons. The highest BCUT2D eigenvalue weighted by atomic mass is 19.1. The van der Waals surface area contributed by atoms with E-state index in [1.807, 2.05) is 13.8 Å². The van der Waals surface area contributed by atoms with Crippen LogP contribution in [-0.2, 0) is 6.54 Å². The number of halogens is 1. The average molecular weight is 312 g/mol. The first-order valence-corrected chi connectivity index (χ1v) is 7.46. The summed E-state index contributed by atoms with van der Waals surface area (Å²) >= 11 is 0. The Labute approximate surface area is 133 Å². The quantitative estimate of drug-likeness (QED) is 0.791. The van der Waals surface area contributed by atoms with Crippen LogP contribution < -0.4 is 5.32 Å². The second kappa shape index (κ2) is 6.20. The van der Waals surface area contributed by atoms with Crippen LogP contribution in [0.3, 0.4) is 0 Å². The predicted molar refractivity (Wildman–Crippen MR) is 85.7 cm³/mol. The van der Waals surface area contributed by atoms with Crippen LogP contribution in [0, 0.1) is 5.82 Å². The molecule has 0 unspecified atom stereocenters. The number of rotatable bonds is 4. The normalized spacial score (nSPS) is 11.1. The van der Waals surface area contributed by atoms with Crippen molar-refractivity contribution < 1.29 is 13.6 Å². The molecule has 0 aliphatic carbocycles. The third-order valence-corrected chi connectivity index (χ3v) is 3.50. The van der Waals surface area contributed by atoms with Crippen molar-refractivity contribution in [2.24, 2.45) is 0 Å². The molecule has 0 atom stereocenters. The van der Waals surface area contributed by atoms with E-state index in [1.54, 1.807) is 30.3 Å². The van der Waals surface area contributed by atoms with Gasteiger partial charge in [-0.2, -0.15) is 0 Å². The van der Waals surface area contributed by atoms with Crippen molar-refractivity contribution in [3.8, 4) is 0 Å². The Kier molecular flexibility index (Phi) is 4.10. The van der Waals surface area contributed by atoms with Gasteiger partial charge in [0.15, 0.2) is 11.5 Å². The van der Waals surface area contributed by atoms with Gasteiger partial charge in [-0.05, 0) is 35.9 Å². The maximum absolute atomic E-state index is 13.1.